The highest BCUT2D eigenvalue weighted by Gasteiger charge is 2.19. The number of hydrogen-bond acceptors (Lipinski definition) is 6. The molecule has 0 unspecified atom stereocenters. The monoisotopic (exact) mass is 807 g/mol. The van der Waals surface area contributed by atoms with Gasteiger partial charge < -0.3 is 14.2 Å². The molecule has 0 saturated carbocycles. The van der Waals surface area contributed by atoms with Crippen LogP contribution in [0.3, 0.4) is 0 Å². The van der Waals surface area contributed by atoms with Crippen molar-refractivity contribution in [2.24, 2.45) is 17.8 Å². The summed E-state index contributed by atoms with van der Waals surface area (Å²) in [6, 6.07) is 0. The van der Waals surface area contributed by atoms with Crippen LogP contribution in [0, 0.1) is 17.8 Å². The molecule has 57 heavy (non-hydrogen) atoms. The molecule has 0 fully saturated rings. The highest BCUT2D eigenvalue weighted by atomic mass is 16.6. The zero-order valence-corrected chi connectivity index (χ0v) is 39.1. The maximum absolute atomic E-state index is 12.8. The number of rotatable bonds is 44. The van der Waals surface area contributed by atoms with E-state index in [4.69, 9.17) is 14.2 Å². The molecule has 0 bridgehead atoms. The van der Waals surface area contributed by atoms with Gasteiger partial charge in [0.1, 0.15) is 13.2 Å². The zero-order valence-electron chi connectivity index (χ0n) is 39.1. The number of unbranched alkanes of at least 4 members (excludes halogenated alkanes) is 27. The summed E-state index contributed by atoms with van der Waals surface area (Å²) in [5, 5.41) is 0. The smallest absolute Gasteiger partial charge is 0.306 e. The number of hydrogen-bond donors (Lipinski definition) is 0. The predicted molar refractivity (Wildman–Crippen MR) is 243 cm³/mol. The normalized spacial score (nSPS) is 11.7. The molecule has 0 aliphatic heterocycles. The van der Waals surface area contributed by atoms with E-state index in [-0.39, 0.29) is 31.1 Å². The number of carbonyl (C=O) groups is 3. The summed E-state index contributed by atoms with van der Waals surface area (Å²) in [7, 11) is 0. The lowest BCUT2D eigenvalue weighted by Crippen LogP contribution is -2.30. The van der Waals surface area contributed by atoms with Crippen molar-refractivity contribution < 1.29 is 28.6 Å². The predicted octanol–water partition coefficient (Wildman–Crippen LogP) is 16.0. The van der Waals surface area contributed by atoms with E-state index in [2.05, 4.69) is 41.5 Å². The lowest BCUT2D eigenvalue weighted by molar-refractivity contribution is -0.167. The van der Waals surface area contributed by atoms with Crippen molar-refractivity contribution in [3.63, 3.8) is 0 Å². The first-order chi connectivity index (χ1) is 27.6. The van der Waals surface area contributed by atoms with E-state index in [0.29, 0.717) is 19.3 Å². The van der Waals surface area contributed by atoms with Gasteiger partial charge in [0, 0.05) is 19.3 Å². The second kappa shape index (κ2) is 42.5. The third-order valence-corrected chi connectivity index (χ3v) is 11.4. The fraction of sp³-hybridized carbons (Fsp3) is 0.941. The number of ether oxygens (including phenoxy) is 3. The lowest BCUT2D eigenvalue weighted by atomic mass is 10.0. The molecule has 0 atom stereocenters. The first-order valence-corrected chi connectivity index (χ1v) is 25.1. The molecule has 6 nitrogen and oxygen atoms in total. The summed E-state index contributed by atoms with van der Waals surface area (Å²) in [4.78, 5) is 37.9. The second-order valence-electron chi connectivity index (χ2n) is 18.9. The third-order valence-electron chi connectivity index (χ3n) is 11.4. The average Bonchev–Trinajstić information content (AvgIpc) is 3.16. The van der Waals surface area contributed by atoms with Crippen molar-refractivity contribution in [1.29, 1.82) is 0 Å². The summed E-state index contributed by atoms with van der Waals surface area (Å²) in [5.74, 6) is 1.60. The molecule has 0 saturated heterocycles. The Balaban J connectivity index is 4.34. The molecule has 0 amide bonds. The second-order valence-corrected chi connectivity index (χ2v) is 18.9. The zero-order chi connectivity index (χ0) is 42.0. The molecule has 6 heteroatoms. The van der Waals surface area contributed by atoms with E-state index < -0.39 is 6.10 Å². The van der Waals surface area contributed by atoms with E-state index in [1.165, 1.54) is 154 Å². The fourth-order valence-corrected chi connectivity index (χ4v) is 7.59. The Labute approximate surface area is 355 Å². The van der Waals surface area contributed by atoms with Crippen LogP contribution in [-0.4, -0.2) is 37.2 Å². The third kappa shape index (κ3) is 45.3. The fourth-order valence-electron chi connectivity index (χ4n) is 7.59. The molecule has 0 aromatic heterocycles. The molecule has 0 rings (SSSR count). The topological polar surface area (TPSA) is 78.9 Å². The number of esters is 3. The molecule has 0 heterocycles. The highest BCUT2D eigenvalue weighted by molar-refractivity contribution is 5.71. The minimum absolute atomic E-state index is 0.0653. The van der Waals surface area contributed by atoms with Gasteiger partial charge in [0.2, 0.25) is 0 Å². The molecule has 0 aliphatic carbocycles. The Hall–Kier alpha value is -1.59. The first-order valence-electron chi connectivity index (χ1n) is 25.1. The van der Waals surface area contributed by atoms with Crippen molar-refractivity contribution >= 4 is 17.9 Å². The summed E-state index contributed by atoms with van der Waals surface area (Å²) >= 11 is 0. The molecular weight excluding hydrogens is 709 g/mol. The van der Waals surface area contributed by atoms with Gasteiger partial charge in [-0.3, -0.25) is 14.4 Å². The minimum Gasteiger partial charge on any atom is -0.462 e. The van der Waals surface area contributed by atoms with Gasteiger partial charge in [-0.1, -0.05) is 234 Å². The van der Waals surface area contributed by atoms with Crippen LogP contribution in [0.25, 0.3) is 0 Å². The van der Waals surface area contributed by atoms with Crippen LogP contribution in [0.1, 0.15) is 273 Å². The van der Waals surface area contributed by atoms with Crippen LogP contribution in [0.5, 0.6) is 0 Å². The van der Waals surface area contributed by atoms with Crippen molar-refractivity contribution in [2.45, 2.75) is 279 Å². The van der Waals surface area contributed by atoms with Gasteiger partial charge in [-0.05, 0) is 37.0 Å². The van der Waals surface area contributed by atoms with Gasteiger partial charge in [-0.25, -0.2) is 0 Å². The minimum atomic E-state index is -0.762. The van der Waals surface area contributed by atoms with Gasteiger partial charge in [0.25, 0.3) is 0 Å². The van der Waals surface area contributed by atoms with Gasteiger partial charge in [-0.2, -0.15) is 0 Å². The summed E-state index contributed by atoms with van der Waals surface area (Å²) in [6.07, 6.45) is 40.9. The van der Waals surface area contributed by atoms with Gasteiger partial charge in [-0.15, -0.1) is 0 Å². The van der Waals surface area contributed by atoms with Crippen LogP contribution in [0.4, 0.5) is 0 Å². The SMILES string of the molecule is CC(C)CCCCCCCCCCCCC(=O)OCC(COC(=O)CCCCCCCCCCCCC(C)C)OC(=O)CCCCCCCCCCCCC(C)C. The van der Waals surface area contributed by atoms with Crippen LogP contribution >= 0.6 is 0 Å². The maximum Gasteiger partial charge on any atom is 0.306 e. The highest BCUT2D eigenvalue weighted by Crippen LogP contribution is 2.17. The number of carbonyl (C=O) groups excluding carboxylic acids is 3. The lowest BCUT2D eigenvalue weighted by Gasteiger charge is -2.18. The Morgan fingerprint density at radius 2 is 0.509 bits per heavy atom. The Morgan fingerprint density at radius 1 is 0.298 bits per heavy atom. The van der Waals surface area contributed by atoms with Crippen LogP contribution in [-0.2, 0) is 28.6 Å². The van der Waals surface area contributed by atoms with Gasteiger partial charge >= 0.3 is 17.9 Å². The molecule has 0 spiro atoms. The largest absolute Gasteiger partial charge is 0.462 e. The first kappa shape index (κ1) is 55.4. The van der Waals surface area contributed by atoms with Crippen LogP contribution in [0.2, 0.25) is 0 Å². The van der Waals surface area contributed by atoms with Crippen molar-refractivity contribution in [3.8, 4) is 0 Å². The van der Waals surface area contributed by atoms with E-state index in [1.54, 1.807) is 0 Å². The Kier molecular flexibility index (Phi) is 41.3. The summed E-state index contributed by atoms with van der Waals surface area (Å²) in [6.45, 7) is 13.7. The van der Waals surface area contributed by atoms with E-state index in [1.807, 2.05) is 0 Å². The van der Waals surface area contributed by atoms with Gasteiger partial charge in [0.05, 0.1) is 0 Å². The standard InChI is InChI=1S/C51H98O6/c1-45(2)37-31-25-19-13-7-10-16-22-28-34-40-49(52)55-43-48(57-51(54)42-36-30-24-18-12-9-15-21-27-33-39-47(5)6)44-56-50(53)41-35-29-23-17-11-8-14-20-26-32-38-46(3)4/h45-48H,7-44H2,1-6H3. The summed E-state index contributed by atoms with van der Waals surface area (Å²) in [5.41, 5.74) is 0. The molecule has 0 aliphatic rings. The van der Waals surface area contributed by atoms with Gasteiger partial charge in [0.15, 0.2) is 6.10 Å². The molecule has 0 N–H and O–H groups in total. The van der Waals surface area contributed by atoms with Crippen LogP contribution in [0.15, 0.2) is 0 Å². The maximum atomic E-state index is 12.8. The van der Waals surface area contributed by atoms with Crippen molar-refractivity contribution in [3.05, 3.63) is 0 Å². The molecule has 338 valence electrons. The average molecular weight is 807 g/mol. The van der Waals surface area contributed by atoms with E-state index in [9.17, 15) is 14.4 Å². The molecular formula is C51H98O6. The molecule has 0 aromatic carbocycles. The molecule has 0 radical (unpaired) electrons. The van der Waals surface area contributed by atoms with E-state index >= 15 is 0 Å². The van der Waals surface area contributed by atoms with Crippen molar-refractivity contribution in [1.82, 2.24) is 0 Å². The quantitative estimate of drug-likeness (QED) is 0.0347. The molecule has 0 aromatic rings. The summed E-state index contributed by atoms with van der Waals surface area (Å²) < 4.78 is 16.8. The Bertz CT molecular complexity index is 835. The Morgan fingerprint density at radius 3 is 0.754 bits per heavy atom. The van der Waals surface area contributed by atoms with Crippen molar-refractivity contribution in [2.75, 3.05) is 13.2 Å². The van der Waals surface area contributed by atoms with Crippen LogP contribution < -0.4 is 0 Å². The van der Waals surface area contributed by atoms with E-state index in [0.717, 1.165) is 75.5 Å².